The first-order chi connectivity index (χ1) is 18.4. The van der Waals surface area contributed by atoms with Gasteiger partial charge in [0.1, 0.15) is 18.4 Å². The maximum atomic E-state index is 14.8. The van der Waals surface area contributed by atoms with Crippen molar-refractivity contribution in [3.05, 3.63) is 101 Å². The van der Waals surface area contributed by atoms with Crippen molar-refractivity contribution < 1.29 is 22.4 Å². The highest BCUT2D eigenvalue weighted by molar-refractivity contribution is 7.92. The van der Waals surface area contributed by atoms with Crippen LogP contribution >= 0.6 is 0 Å². The minimum Gasteiger partial charge on any atom is -0.352 e. The second kappa shape index (κ2) is 12.9. The number of rotatable bonds is 11. The minimum atomic E-state index is -3.88. The van der Waals surface area contributed by atoms with Gasteiger partial charge >= 0.3 is 0 Å². The van der Waals surface area contributed by atoms with Crippen molar-refractivity contribution >= 4 is 27.5 Å². The van der Waals surface area contributed by atoms with Crippen LogP contribution in [0.4, 0.5) is 10.1 Å². The summed E-state index contributed by atoms with van der Waals surface area (Å²) in [6, 6.07) is 19.4. The third-order valence-corrected chi connectivity index (χ3v) is 7.44. The molecule has 1 N–H and O–H groups in total. The standard InChI is InChI=1S/C30H36FN3O4S/c1-21(2)32-30(36)28(18-24-11-7-6-8-12-24)33(19-25-13-9-10-14-26(25)31)29(35)20-34(39(5,37)38)27-17-22(3)15-16-23(27)4/h6-17,21,28H,18-20H2,1-5H3,(H,32,36)/t28-/m0/s1. The summed E-state index contributed by atoms with van der Waals surface area (Å²) in [6.07, 6.45) is 1.21. The number of benzene rings is 3. The third kappa shape index (κ3) is 8.13. The highest BCUT2D eigenvalue weighted by atomic mass is 32.2. The van der Waals surface area contributed by atoms with Crippen molar-refractivity contribution in [2.75, 3.05) is 17.1 Å². The number of nitrogens with one attached hydrogen (secondary N) is 1. The molecular formula is C30H36FN3O4S. The number of carbonyl (C=O) groups is 2. The highest BCUT2D eigenvalue weighted by Crippen LogP contribution is 2.25. The number of anilines is 1. The van der Waals surface area contributed by atoms with Crippen molar-refractivity contribution in [1.82, 2.24) is 10.2 Å². The lowest BCUT2D eigenvalue weighted by atomic mass is 10.0. The van der Waals surface area contributed by atoms with Crippen LogP contribution in [0.5, 0.6) is 0 Å². The average molecular weight is 554 g/mol. The molecule has 0 radical (unpaired) electrons. The van der Waals surface area contributed by atoms with Crippen molar-refractivity contribution in [1.29, 1.82) is 0 Å². The number of nitrogens with zero attached hydrogens (tertiary/aromatic N) is 2. The fourth-order valence-corrected chi connectivity index (χ4v) is 5.23. The van der Waals surface area contributed by atoms with Crippen LogP contribution in [-0.2, 0) is 32.6 Å². The zero-order valence-electron chi connectivity index (χ0n) is 23.0. The van der Waals surface area contributed by atoms with Crippen LogP contribution in [0.3, 0.4) is 0 Å². The van der Waals surface area contributed by atoms with Gasteiger partial charge in [0, 0.05) is 24.6 Å². The molecule has 208 valence electrons. The van der Waals surface area contributed by atoms with Crippen molar-refractivity contribution in [2.24, 2.45) is 0 Å². The van der Waals surface area contributed by atoms with Crippen LogP contribution in [-0.4, -0.2) is 50.0 Å². The summed E-state index contributed by atoms with van der Waals surface area (Å²) in [6.45, 7) is 6.47. The Balaban J connectivity index is 2.09. The van der Waals surface area contributed by atoms with E-state index in [0.717, 1.165) is 21.7 Å². The van der Waals surface area contributed by atoms with E-state index in [0.29, 0.717) is 11.3 Å². The quantitative estimate of drug-likeness (QED) is 0.382. The molecule has 0 saturated carbocycles. The van der Waals surface area contributed by atoms with Crippen molar-refractivity contribution in [3.8, 4) is 0 Å². The van der Waals surface area contributed by atoms with Crippen LogP contribution in [0.25, 0.3) is 0 Å². The third-order valence-electron chi connectivity index (χ3n) is 6.31. The predicted molar refractivity (Wildman–Crippen MR) is 152 cm³/mol. The van der Waals surface area contributed by atoms with Gasteiger partial charge in [0.25, 0.3) is 0 Å². The van der Waals surface area contributed by atoms with Gasteiger partial charge in [0.2, 0.25) is 21.8 Å². The minimum absolute atomic E-state index is 0.169. The van der Waals surface area contributed by atoms with E-state index in [1.54, 1.807) is 37.3 Å². The number of hydrogen-bond acceptors (Lipinski definition) is 4. The molecule has 39 heavy (non-hydrogen) atoms. The summed E-state index contributed by atoms with van der Waals surface area (Å²) in [7, 11) is -3.88. The zero-order valence-corrected chi connectivity index (χ0v) is 23.8. The monoisotopic (exact) mass is 553 g/mol. The van der Waals surface area contributed by atoms with Crippen LogP contribution in [0.15, 0.2) is 72.8 Å². The largest absolute Gasteiger partial charge is 0.352 e. The fraction of sp³-hybridized carbons (Fsp3) is 0.333. The van der Waals surface area contributed by atoms with E-state index in [1.165, 1.54) is 11.0 Å². The van der Waals surface area contributed by atoms with E-state index in [9.17, 15) is 22.4 Å². The first-order valence-electron chi connectivity index (χ1n) is 12.8. The van der Waals surface area contributed by atoms with Gasteiger partial charge in [-0.3, -0.25) is 13.9 Å². The Morgan fingerprint density at radius 1 is 0.949 bits per heavy atom. The van der Waals surface area contributed by atoms with E-state index < -0.39 is 40.2 Å². The number of hydrogen-bond donors (Lipinski definition) is 1. The summed E-state index contributed by atoms with van der Waals surface area (Å²) in [5.74, 6) is -1.55. The average Bonchev–Trinajstić information content (AvgIpc) is 2.86. The normalized spacial score (nSPS) is 12.2. The van der Waals surface area contributed by atoms with Gasteiger partial charge in [-0.15, -0.1) is 0 Å². The summed E-state index contributed by atoms with van der Waals surface area (Å²) in [5.41, 5.74) is 2.92. The molecule has 0 aliphatic rings. The Labute approximate surface area is 230 Å². The molecule has 2 amide bonds. The molecular weight excluding hydrogens is 517 g/mol. The van der Waals surface area contributed by atoms with E-state index in [4.69, 9.17) is 0 Å². The van der Waals surface area contributed by atoms with Crippen molar-refractivity contribution in [3.63, 3.8) is 0 Å². The van der Waals surface area contributed by atoms with Gasteiger partial charge in [-0.2, -0.15) is 0 Å². The number of halogens is 1. The highest BCUT2D eigenvalue weighted by Gasteiger charge is 2.34. The molecule has 0 aliphatic carbocycles. The van der Waals surface area contributed by atoms with Gasteiger partial charge in [-0.25, -0.2) is 12.8 Å². The molecule has 0 spiro atoms. The lowest BCUT2D eigenvalue weighted by molar-refractivity contribution is -0.140. The molecule has 0 saturated heterocycles. The van der Waals surface area contributed by atoms with Gasteiger partial charge in [0.15, 0.2) is 0 Å². The molecule has 0 aliphatic heterocycles. The second-order valence-corrected chi connectivity index (χ2v) is 11.9. The van der Waals surface area contributed by atoms with Gasteiger partial charge in [-0.1, -0.05) is 60.7 Å². The Kier molecular flexibility index (Phi) is 9.86. The van der Waals surface area contributed by atoms with Gasteiger partial charge in [-0.05, 0) is 56.5 Å². The van der Waals surface area contributed by atoms with E-state index in [2.05, 4.69) is 5.32 Å². The molecule has 0 unspecified atom stereocenters. The molecule has 3 aromatic carbocycles. The Bertz CT molecular complexity index is 1410. The molecule has 1 atom stereocenters. The Morgan fingerprint density at radius 2 is 1.59 bits per heavy atom. The number of carbonyl (C=O) groups excluding carboxylic acids is 2. The molecule has 0 heterocycles. The predicted octanol–water partition coefficient (Wildman–Crippen LogP) is 4.37. The molecule has 0 fully saturated rings. The summed E-state index contributed by atoms with van der Waals surface area (Å²) >= 11 is 0. The van der Waals surface area contributed by atoms with Crippen LogP contribution in [0.2, 0.25) is 0 Å². The number of sulfonamides is 1. The van der Waals surface area contributed by atoms with Crippen LogP contribution < -0.4 is 9.62 Å². The van der Waals surface area contributed by atoms with Crippen molar-refractivity contribution in [2.45, 2.75) is 52.7 Å². The summed E-state index contributed by atoms with van der Waals surface area (Å²) < 4.78 is 41.7. The molecule has 3 rings (SSSR count). The van der Waals surface area contributed by atoms with Gasteiger partial charge < -0.3 is 10.2 Å². The summed E-state index contributed by atoms with van der Waals surface area (Å²) in [4.78, 5) is 28.8. The smallest absolute Gasteiger partial charge is 0.244 e. The zero-order chi connectivity index (χ0) is 28.7. The van der Waals surface area contributed by atoms with E-state index in [1.807, 2.05) is 57.2 Å². The summed E-state index contributed by atoms with van der Waals surface area (Å²) in [5, 5.41) is 2.87. The Morgan fingerprint density at radius 3 is 2.21 bits per heavy atom. The molecule has 0 aromatic heterocycles. The lowest BCUT2D eigenvalue weighted by Gasteiger charge is -2.34. The molecule has 7 nitrogen and oxygen atoms in total. The lowest BCUT2D eigenvalue weighted by Crippen LogP contribution is -2.54. The first-order valence-corrected chi connectivity index (χ1v) is 14.6. The van der Waals surface area contributed by atoms with E-state index in [-0.39, 0.29) is 24.6 Å². The van der Waals surface area contributed by atoms with E-state index >= 15 is 0 Å². The van der Waals surface area contributed by atoms with Crippen LogP contribution in [0, 0.1) is 19.7 Å². The topological polar surface area (TPSA) is 86.8 Å². The molecule has 9 heteroatoms. The van der Waals surface area contributed by atoms with Crippen LogP contribution in [0.1, 0.15) is 36.1 Å². The SMILES string of the molecule is Cc1ccc(C)c(N(CC(=O)N(Cc2ccccc2F)[C@@H](Cc2ccccc2)C(=O)NC(C)C)S(C)(=O)=O)c1. The Hall–Kier alpha value is -3.72. The maximum Gasteiger partial charge on any atom is 0.244 e. The number of aryl methyl sites for hydroxylation is 2. The first kappa shape index (κ1) is 29.8. The second-order valence-electron chi connectivity index (χ2n) is 10.0. The fourth-order valence-electron chi connectivity index (χ4n) is 4.33. The molecule has 3 aromatic rings. The number of amides is 2. The van der Waals surface area contributed by atoms with Gasteiger partial charge in [0.05, 0.1) is 11.9 Å². The maximum absolute atomic E-state index is 14.8. The molecule has 0 bridgehead atoms.